The van der Waals surface area contributed by atoms with Crippen molar-refractivity contribution in [3.05, 3.63) is 60.0 Å². The number of nitrogens with one attached hydrogen (secondary N) is 2. The van der Waals surface area contributed by atoms with E-state index in [2.05, 4.69) is 15.6 Å². The molecule has 8 heteroatoms. The lowest BCUT2D eigenvalue weighted by molar-refractivity contribution is -0.117. The van der Waals surface area contributed by atoms with E-state index in [0.29, 0.717) is 17.0 Å². The number of imidazole rings is 1. The first-order valence-corrected chi connectivity index (χ1v) is 8.45. The molecule has 0 aliphatic carbocycles. The number of aryl methyl sites for hydroxylation is 1. The molecule has 136 valence electrons. The maximum Gasteiger partial charge on any atom is 0.329 e. The molecule has 8 nitrogen and oxygen atoms in total. The number of para-hydroxylation sites is 2. The van der Waals surface area contributed by atoms with E-state index in [1.165, 1.54) is 0 Å². The molecule has 1 atom stereocenters. The van der Waals surface area contributed by atoms with Gasteiger partial charge in [-0.05, 0) is 38.1 Å². The van der Waals surface area contributed by atoms with Crippen molar-refractivity contribution in [1.82, 2.24) is 14.7 Å². The van der Waals surface area contributed by atoms with E-state index in [4.69, 9.17) is 0 Å². The van der Waals surface area contributed by atoms with Crippen LogP contribution in [0.1, 0.15) is 23.1 Å². The third kappa shape index (κ3) is 2.80. The van der Waals surface area contributed by atoms with E-state index < -0.39 is 18.0 Å². The Morgan fingerprint density at radius 3 is 2.63 bits per heavy atom. The van der Waals surface area contributed by atoms with Crippen LogP contribution in [0.15, 0.2) is 48.7 Å². The summed E-state index contributed by atoms with van der Waals surface area (Å²) in [5.41, 5.74) is 2.53. The second-order valence-electron chi connectivity index (χ2n) is 6.34. The molecule has 27 heavy (non-hydrogen) atoms. The summed E-state index contributed by atoms with van der Waals surface area (Å²) < 4.78 is 1.82. The standard InChI is InChI=1S/C19H17N5O3/c1-11-6-5-9-16-21-14(10-23(11)16)17(25)22-13-7-3-4-8-15(13)24-18(26)12(2)20-19(24)27/h3-10,12H,1-2H3,(H,20,27)(H,22,25). The van der Waals surface area contributed by atoms with E-state index in [0.717, 1.165) is 10.6 Å². The number of hydrogen-bond acceptors (Lipinski definition) is 4. The molecule has 1 saturated heterocycles. The topological polar surface area (TPSA) is 95.8 Å². The van der Waals surface area contributed by atoms with Crippen molar-refractivity contribution in [2.24, 2.45) is 0 Å². The number of carbonyl (C=O) groups is 3. The van der Waals surface area contributed by atoms with E-state index >= 15 is 0 Å². The molecule has 0 spiro atoms. The summed E-state index contributed by atoms with van der Waals surface area (Å²) in [7, 11) is 0. The summed E-state index contributed by atoms with van der Waals surface area (Å²) in [4.78, 5) is 42.5. The van der Waals surface area contributed by atoms with Gasteiger partial charge in [0, 0.05) is 11.9 Å². The van der Waals surface area contributed by atoms with Crippen molar-refractivity contribution in [2.45, 2.75) is 19.9 Å². The van der Waals surface area contributed by atoms with Crippen molar-refractivity contribution >= 4 is 34.9 Å². The number of imide groups is 1. The Labute approximate surface area is 154 Å². The Kier molecular flexibility index (Phi) is 3.88. The Morgan fingerprint density at radius 1 is 1.15 bits per heavy atom. The normalized spacial score (nSPS) is 16.7. The molecule has 0 saturated carbocycles. The number of rotatable bonds is 3. The van der Waals surface area contributed by atoms with Gasteiger partial charge < -0.3 is 15.0 Å². The van der Waals surface area contributed by atoms with Gasteiger partial charge in [-0.1, -0.05) is 18.2 Å². The third-order valence-electron chi connectivity index (χ3n) is 4.46. The number of anilines is 2. The fourth-order valence-corrected chi connectivity index (χ4v) is 3.05. The SMILES string of the molecule is Cc1cccc2nc(C(=O)Nc3ccccc3N3C(=O)NC(C)C3=O)cn12. The fraction of sp³-hybridized carbons (Fsp3) is 0.158. The average Bonchev–Trinajstić information content (AvgIpc) is 3.18. The van der Waals surface area contributed by atoms with Crippen molar-refractivity contribution in [1.29, 1.82) is 0 Å². The number of nitrogens with zero attached hydrogens (tertiary/aromatic N) is 3. The highest BCUT2D eigenvalue weighted by molar-refractivity contribution is 6.23. The number of aromatic nitrogens is 2. The Bertz CT molecular complexity index is 1090. The first-order chi connectivity index (χ1) is 13.0. The van der Waals surface area contributed by atoms with Crippen LogP contribution >= 0.6 is 0 Å². The lowest BCUT2D eigenvalue weighted by atomic mass is 10.2. The molecule has 3 heterocycles. The van der Waals surface area contributed by atoms with Gasteiger partial charge in [0.2, 0.25) is 0 Å². The first kappa shape index (κ1) is 16.8. The smallest absolute Gasteiger partial charge is 0.326 e. The number of amides is 4. The van der Waals surface area contributed by atoms with Gasteiger partial charge in [-0.3, -0.25) is 9.59 Å². The van der Waals surface area contributed by atoms with Crippen LogP contribution in [-0.4, -0.2) is 33.3 Å². The van der Waals surface area contributed by atoms with Crippen LogP contribution in [0.4, 0.5) is 16.2 Å². The summed E-state index contributed by atoms with van der Waals surface area (Å²) in [6, 6.07) is 11.1. The van der Waals surface area contributed by atoms with E-state index in [1.807, 2.05) is 29.5 Å². The third-order valence-corrected chi connectivity index (χ3v) is 4.46. The number of benzene rings is 1. The molecule has 4 amide bonds. The molecule has 0 bridgehead atoms. The Hall–Kier alpha value is -3.68. The summed E-state index contributed by atoms with van der Waals surface area (Å²) in [6.07, 6.45) is 1.65. The molecule has 1 fully saturated rings. The van der Waals surface area contributed by atoms with Crippen LogP contribution in [0.25, 0.3) is 5.65 Å². The largest absolute Gasteiger partial charge is 0.329 e. The summed E-state index contributed by atoms with van der Waals surface area (Å²) in [5, 5.41) is 5.31. The zero-order chi connectivity index (χ0) is 19.1. The monoisotopic (exact) mass is 363 g/mol. The van der Waals surface area contributed by atoms with Gasteiger partial charge in [-0.15, -0.1) is 0 Å². The van der Waals surface area contributed by atoms with Crippen molar-refractivity contribution in [3.8, 4) is 0 Å². The molecule has 4 rings (SSSR count). The fourth-order valence-electron chi connectivity index (χ4n) is 3.05. The van der Waals surface area contributed by atoms with Crippen molar-refractivity contribution in [2.75, 3.05) is 10.2 Å². The van der Waals surface area contributed by atoms with Gasteiger partial charge >= 0.3 is 6.03 Å². The van der Waals surface area contributed by atoms with Crippen LogP contribution < -0.4 is 15.5 Å². The molecule has 2 aromatic heterocycles. The second kappa shape index (κ2) is 6.24. The molecule has 1 aromatic carbocycles. The van der Waals surface area contributed by atoms with E-state index in [9.17, 15) is 14.4 Å². The number of hydrogen-bond donors (Lipinski definition) is 2. The van der Waals surface area contributed by atoms with Crippen LogP contribution in [-0.2, 0) is 4.79 Å². The summed E-state index contributed by atoms with van der Waals surface area (Å²) in [5.74, 6) is -0.796. The summed E-state index contributed by atoms with van der Waals surface area (Å²) >= 11 is 0. The van der Waals surface area contributed by atoms with E-state index in [1.54, 1.807) is 37.4 Å². The Balaban J connectivity index is 1.67. The van der Waals surface area contributed by atoms with Gasteiger partial charge in [0.15, 0.2) is 0 Å². The lowest BCUT2D eigenvalue weighted by Gasteiger charge is -2.17. The Morgan fingerprint density at radius 2 is 1.93 bits per heavy atom. The average molecular weight is 363 g/mol. The minimum absolute atomic E-state index is 0.240. The summed E-state index contributed by atoms with van der Waals surface area (Å²) in [6.45, 7) is 3.53. The van der Waals surface area contributed by atoms with Gasteiger partial charge in [0.1, 0.15) is 17.4 Å². The molecule has 3 aromatic rings. The molecule has 1 unspecified atom stereocenters. The number of fused-ring (bicyclic) bond motifs is 1. The van der Waals surface area contributed by atoms with Gasteiger partial charge in [0.25, 0.3) is 11.8 Å². The molecule has 1 aliphatic heterocycles. The maximum absolute atomic E-state index is 12.7. The lowest BCUT2D eigenvalue weighted by Crippen LogP contribution is -2.32. The predicted octanol–water partition coefficient (Wildman–Crippen LogP) is 2.34. The van der Waals surface area contributed by atoms with Crippen molar-refractivity contribution in [3.63, 3.8) is 0 Å². The number of carbonyl (C=O) groups excluding carboxylic acids is 3. The zero-order valence-corrected chi connectivity index (χ0v) is 14.8. The molecular formula is C19H17N5O3. The van der Waals surface area contributed by atoms with Gasteiger partial charge in [-0.25, -0.2) is 14.7 Å². The van der Waals surface area contributed by atoms with Crippen molar-refractivity contribution < 1.29 is 14.4 Å². The molecule has 2 N–H and O–H groups in total. The highest BCUT2D eigenvalue weighted by Crippen LogP contribution is 2.28. The van der Waals surface area contributed by atoms with Crippen LogP contribution in [0, 0.1) is 6.92 Å². The highest BCUT2D eigenvalue weighted by Gasteiger charge is 2.37. The second-order valence-corrected chi connectivity index (χ2v) is 6.34. The number of urea groups is 1. The molecular weight excluding hydrogens is 346 g/mol. The van der Waals surface area contributed by atoms with Crippen LogP contribution in [0.5, 0.6) is 0 Å². The predicted molar refractivity (Wildman–Crippen MR) is 99.8 cm³/mol. The molecule has 1 aliphatic rings. The van der Waals surface area contributed by atoms with E-state index in [-0.39, 0.29) is 11.6 Å². The highest BCUT2D eigenvalue weighted by atomic mass is 16.2. The van der Waals surface area contributed by atoms with Crippen LogP contribution in [0.3, 0.4) is 0 Å². The van der Waals surface area contributed by atoms with Gasteiger partial charge in [0.05, 0.1) is 11.4 Å². The zero-order valence-electron chi connectivity index (χ0n) is 14.8. The number of pyridine rings is 1. The minimum atomic E-state index is -0.609. The van der Waals surface area contributed by atoms with Gasteiger partial charge in [-0.2, -0.15) is 0 Å². The van der Waals surface area contributed by atoms with Crippen LogP contribution in [0.2, 0.25) is 0 Å². The molecule has 0 radical (unpaired) electrons. The first-order valence-electron chi connectivity index (χ1n) is 8.45. The maximum atomic E-state index is 12.7. The minimum Gasteiger partial charge on any atom is -0.326 e. The quantitative estimate of drug-likeness (QED) is 0.698.